The van der Waals surface area contributed by atoms with Crippen molar-refractivity contribution >= 4 is 17.6 Å². The molecule has 2 aliphatic rings. The molecule has 2 amide bonds. The smallest absolute Gasteiger partial charge is 0.271 e. The number of amides is 2. The second-order valence-corrected chi connectivity index (χ2v) is 7.23. The zero-order valence-corrected chi connectivity index (χ0v) is 15.4. The van der Waals surface area contributed by atoms with Crippen molar-refractivity contribution in [1.82, 2.24) is 20.0 Å². The Kier molecular flexibility index (Phi) is 4.25. The SMILES string of the molecule is COc1ccc([C@H]2[C@@H]3CN(C(=O)c4cc(N)n[nH]4)C[C@@H]3CN2C(C)=O)cc1. The number of hydrogen-bond acceptors (Lipinski definition) is 5. The molecular formula is C19H23N5O3. The number of nitrogens with one attached hydrogen (secondary N) is 1. The lowest BCUT2D eigenvalue weighted by molar-refractivity contribution is -0.130. The molecule has 0 radical (unpaired) electrons. The molecule has 0 bridgehead atoms. The molecule has 8 heteroatoms. The number of likely N-dealkylation sites (tertiary alicyclic amines) is 2. The molecule has 0 aliphatic carbocycles. The van der Waals surface area contributed by atoms with Crippen LogP contribution in [0.4, 0.5) is 5.82 Å². The van der Waals surface area contributed by atoms with Gasteiger partial charge in [0, 0.05) is 44.5 Å². The van der Waals surface area contributed by atoms with E-state index in [9.17, 15) is 9.59 Å². The average molecular weight is 369 g/mol. The van der Waals surface area contributed by atoms with Gasteiger partial charge in [-0.15, -0.1) is 0 Å². The summed E-state index contributed by atoms with van der Waals surface area (Å²) in [4.78, 5) is 28.7. The molecule has 2 saturated heterocycles. The lowest BCUT2D eigenvalue weighted by Gasteiger charge is -2.29. The van der Waals surface area contributed by atoms with Crippen molar-refractivity contribution in [3.8, 4) is 5.75 Å². The third kappa shape index (κ3) is 3.01. The maximum Gasteiger partial charge on any atom is 0.271 e. The van der Waals surface area contributed by atoms with E-state index in [4.69, 9.17) is 10.5 Å². The van der Waals surface area contributed by atoms with Crippen molar-refractivity contribution in [2.45, 2.75) is 13.0 Å². The number of rotatable bonds is 3. The van der Waals surface area contributed by atoms with Gasteiger partial charge < -0.3 is 20.3 Å². The number of nitrogen functional groups attached to an aromatic ring is 1. The molecule has 142 valence electrons. The first-order valence-electron chi connectivity index (χ1n) is 8.99. The Morgan fingerprint density at radius 2 is 1.96 bits per heavy atom. The van der Waals surface area contributed by atoms with Crippen LogP contribution in [0.3, 0.4) is 0 Å². The number of hydrogen-bond donors (Lipinski definition) is 2. The fourth-order valence-corrected chi connectivity index (χ4v) is 4.38. The number of anilines is 1. The monoisotopic (exact) mass is 369 g/mol. The van der Waals surface area contributed by atoms with Gasteiger partial charge in [0.2, 0.25) is 5.91 Å². The average Bonchev–Trinajstić information content (AvgIpc) is 3.35. The summed E-state index contributed by atoms with van der Waals surface area (Å²) in [7, 11) is 1.63. The molecule has 2 fully saturated rings. The first kappa shape index (κ1) is 17.4. The molecule has 3 heterocycles. The highest BCUT2D eigenvalue weighted by molar-refractivity contribution is 5.93. The minimum absolute atomic E-state index is 0.0388. The Bertz CT molecular complexity index is 862. The van der Waals surface area contributed by atoms with Crippen LogP contribution in [0, 0.1) is 11.8 Å². The van der Waals surface area contributed by atoms with Gasteiger partial charge in [0.15, 0.2) is 0 Å². The molecule has 27 heavy (non-hydrogen) atoms. The Morgan fingerprint density at radius 3 is 2.56 bits per heavy atom. The summed E-state index contributed by atoms with van der Waals surface area (Å²) in [6.45, 7) is 3.49. The second kappa shape index (κ2) is 6.61. The molecule has 1 aromatic heterocycles. The van der Waals surface area contributed by atoms with Crippen LogP contribution >= 0.6 is 0 Å². The standard InChI is InChI=1S/C19H23N5O3/c1-11(25)24-9-13-8-23(19(26)16-7-17(20)22-21-16)10-15(13)18(24)12-3-5-14(27-2)6-4-12/h3-7,13,15,18H,8-10H2,1-2H3,(H3,20,21,22)/t13-,15-,18+/m1/s1. The van der Waals surface area contributed by atoms with Gasteiger partial charge in [-0.1, -0.05) is 12.1 Å². The summed E-state index contributed by atoms with van der Waals surface area (Å²) in [5.74, 6) is 1.50. The van der Waals surface area contributed by atoms with Crippen molar-refractivity contribution in [2.75, 3.05) is 32.5 Å². The number of nitrogens with zero attached hydrogens (tertiary/aromatic N) is 3. The normalized spacial score (nSPS) is 24.1. The highest BCUT2D eigenvalue weighted by atomic mass is 16.5. The van der Waals surface area contributed by atoms with E-state index in [1.165, 1.54) is 0 Å². The summed E-state index contributed by atoms with van der Waals surface area (Å²) in [6.07, 6.45) is 0. The molecule has 3 N–H and O–H groups in total. The Balaban J connectivity index is 1.58. The van der Waals surface area contributed by atoms with Gasteiger partial charge in [-0.25, -0.2) is 0 Å². The number of nitrogens with two attached hydrogens (primary N) is 1. The zero-order valence-electron chi connectivity index (χ0n) is 15.4. The number of methoxy groups -OCH3 is 1. The van der Waals surface area contributed by atoms with E-state index in [1.807, 2.05) is 34.1 Å². The molecule has 3 atom stereocenters. The van der Waals surface area contributed by atoms with Crippen LogP contribution in [-0.2, 0) is 4.79 Å². The second-order valence-electron chi connectivity index (χ2n) is 7.23. The van der Waals surface area contributed by atoms with Crippen LogP contribution in [0.1, 0.15) is 29.0 Å². The Labute approximate surface area is 157 Å². The van der Waals surface area contributed by atoms with Crippen LogP contribution in [-0.4, -0.2) is 58.6 Å². The summed E-state index contributed by atoms with van der Waals surface area (Å²) in [5.41, 5.74) is 7.08. The summed E-state index contributed by atoms with van der Waals surface area (Å²) in [5, 5.41) is 6.52. The highest BCUT2D eigenvalue weighted by Gasteiger charge is 2.49. The number of carbonyl (C=O) groups excluding carboxylic acids is 2. The minimum atomic E-state index is -0.101. The number of carbonyl (C=O) groups is 2. The predicted octanol–water partition coefficient (Wildman–Crippen LogP) is 1.29. The molecule has 4 rings (SSSR count). The highest BCUT2D eigenvalue weighted by Crippen LogP contribution is 2.45. The maximum atomic E-state index is 12.7. The van der Waals surface area contributed by atoms with Gasteiger partial charge in [0.25, 0.3) is 5.91 Å². The number of fused-ring (bicyclic) bond motifs is 1. The maximum absolute atomic E-state index is 12.7. The largest absolute Gasteiger partial charge is 0.497 e. The fourth-order valence-electron chi connectivity index (χ4n) is 4.38. The summed E-state index contributed by atoms with van der Waals surface area (Å²) < 4.78 is 5.24. The summed E-state index contributed by atoms with van der Waals surface area (Å²) >= 11 is 0. The van der Waals surface area contributed by atoms with Gasteiger partial charge in [0.05, 0.1) is 13.2 Å². The van der Waals surface area contributed by atoms with Crippen molar-refractivity contribution in [1.29, 1.82) is 0 Å². The fraction of sp³-hybridized carbons (Fsp3) is 0.421. The van der Waals surface area contributed by atoms with E-state index in [-0.39, 0.29) is 29.7 Å². The molecule has 1 aromatic carbocycles. The number of benzene rings is 1. The molecule has 0 unspecified atom stereocenters. The van der Waals surface area contributed by atoms with Crippen molar-refractivity contribution < 1.29 is 14.3 Å². The van der Waals surface area contributed by atoms with Gasteiger partial charge >= 0.3 is 0 Å². The van der Waals surface area contributed by atoms with Crippen LogP contribution in [0.2, 0.25) is 0 Å². The quantitative estimate of drug-likeness (QED) is 0.848. The van der Waals surface area contributed by atoms with E-state index in [2.05, 4.69) is 10.2 Å². The molecule has 0 saturated carbocycles. The van der Waals surface area contributed by atoms with Crippen LogP contribution in [0.5, 0.6) is 5.75 Å². The van der Waals surface area contributed by atoms with Gasteiger partial charge in [-0.2, -0.15) is 5.10 Å². The number of aromatic amines is 1. The lowest BCUT2D eigenvalue weighted by Crippen LogP contribution is -2.36. The van der Waals surface area contributed by atoms with E-state index < -0.39 is 0 Å². The molecule has 2 aromatic rings. The van der Waals surface area contributed by atoms with Gasteiger partial charge in [0.1, 0.15) is 17.3 Å². The summed E-state index contributed by atoms with van der Waals surface area (Å²) in [6, 6.07) is 9.34. The predicted molar refractivity (Wildman–Crippen MR) is 99.0 cm³/mol. The third-order valence-corrected chi connectivity index (χ3v) is 5.64. The first-order chi connectivity index (χ1) is 13.0. The number of ether oxygens (including phenoxy) is 1. The van der Waals surface area contributed by atoms with E-state index in [1.54, 1.807) is 20.1 Å². The molecular weight excluding hydrogens is 346 g/mol. The van der Waals surface area contributed by atoms with Crippen molar-refractivity contribution in [3.05, 3.63) is 41.6 Å². The third-order valence-electron chi connectivity index (χ3n) is 5.64. The first-order valence-corrected chi connectivity index (χ1v) is 8.99. The zero-order chi connectivity index (χ0) is 19.1. The Hall–Kier alpha value is -3.03. The van der Waals surface area contributed by atoms with Crippen molar-refractivity contribution in [3.63, 3.8) is 0 Å². The van der Waals surface area contributed by atoms with E-state index >= 15 is 0 Å². The van der Waals surface area contributed by atoms with E-state index in [0.29, 0.717) is 31.1 Å². The van der Waals surface area contributed by atoms with E-state index in [0.717, 1.165) is 11.3 Å². The molecule has 0 spiro atoms. The topological polar surface area (TPSA) is 105 Å². The number of H-pyrrole nitrogens is 1. The van der Waals surface area contributed by atoms with Crippen molar-refractivity contribution in [2.24, 2.45) is 11.8 Å². The van der Waals surface area contributed by atoms with Crippen LogP contribution in [0.15, 0.2) is 30.3 Å². The van der Waals surface area contributed by atoms with Gasteiger partial charge in [-0.3, -0.25) is 14.7 Å². The van der Waals surface area contributed by atoms with Crippen LogP contribution < -0.4 is 10.5 Å². The van der Waals surface area contributed by atoms with Gasteiger partial charge in [-0.05, 0) is 17.7 Å². The minimum Gasteiger partial charge on any atom is -0.497 e. The van der Waals surface area contributed by atoms with Crippen LogP contribution in [0.25, 0.3) is 0 Å². The number of aromatic nitrogens is 2. The molecule has 8 nitrogen and oxygen atoms in total. The molecule has 2 aliphatic heterocycles. The lowest BCUT2D eigenvalue weighted by atomic mass is 9.89. The Morgan fingerprint density at radius 1 is 1.22 bits per heavy atom.